The molecule has 4 nitrogen and oxygen atoms in total. The molecule has 0 spiro atoms. The van der Waals surface area contributed by atoms with Crippen LogP contribution in [-0.4, -0.2) is 40.1 Å². The third-order valence-electron chi connectivity index (χ3n) is 5.67. The van der Waals surface area contributed by atoms with E-state index >= 15 is 0 Å². The second kappa shape index (κ2) is 8.34. The molecule has 2 aromatic carbocycles. The van der Waals surface area contributed by atoms with E-state index in [2.05, 4.69) is 19.9 Å². The molecule has 1 amide bonds. The number of rotatable bonds is 5. The monoisotopic (exact) mass is 388 g/mol. The minimum atomic E-state index is -0.521. The predicted molar refractivity (Wildman–Crippen MR) is 116 cm³/mol. The van der Waals surface area contributed by atoms with Gasteiger partial charge in [-0.3, -0.25) is 9.78 Å². The fourth-order valence-electron chi connectivity index (χ4n) is 4.15. The number of benzene rings is 2. The lowest BCUT2D eigenvalue weighted by molar-refractivity contribution is 0.0764. The van der Waals surface area contributed by atoms with Gasteiger partial charge in [-0.2, -0.15) is 0 Å². The van der Waals surface area contributed by atoms with E-state index in [1.54, 1.807) is 4.90 Å². The van der Waals surface area contributed by atoms with Gasteiger partial charge in [0.1, 0.15) is 0 Å². The fraction of sp³-hybridized carbons (Fsp3) is 0.360. The quantitative estimate of drug-likeness (QED) is 0.716. The standard InChI is InChI=1S/C25H28N2O2/c1-17(2)13-18-7-9-20(10-8-18)25(29)27-15-21(24(28)16-27)14-22-12-11-19-5-3-4-6-23(19)26-22/h3-12,17,21,24,28H,13-16H2,1-2H3/t21-,24-/m1/s1. The maximum Gasteiger partial charge on any atom is 0.253 e. The molecule has 1 fully saturated rings. The van der Waals surface area contributed by atoms with Crippen molar-refractivity contribution >= 4 is 16.8 Å². The van der Waals surface area contributed by atoms with Gasteiger partial charge < -0.3 is 10.0 Å². The molecular formula is C25H28N2O2. The van der Waals surface area contributed by atoms with Gasteiger partial charge in [-0.1, -0.05) is 50.2 Å². The van der Waals surface area contributed by atoms with Crippen LogP contribution < -0.4 is 0 Å². The average Bonchev–Trinajstić information content (AvgIpc) is 3.08. The number of fused-ring (bicyclic) bond motifs is 1. The zero-order valence-electron chi connectivity index (χ0n) is 17.1. The van der Waals surface area contributed by atoms with E-state index in [0.29, 0.717) is 31.0 Å². The molecule has 0 saturated carbocycles. The highest BCUT2D eigenvalue weighted by Gasteiger charge is 2.34. The summed E-state index contributed by atoms with van der Waals surface area (Å²) in [6.45, 7) is 5.32. The zero-order valence-corrected chi connectivity index (χ0v) is 17.1. The van der Waals surface area contributed by atoms with Crippen molar-refractivity contribution in [2.75, 3.05) is 13.1 Å². The molecule has 2 atom stereocenters. The van der Waals surface area contributed by atoms with E-state index in [4.69, 9.17) is 4.98 Å². The van der Waals surface area contributed by atoms with Gasteiger partial charge in [-0.25, -0.2) is 0 Å². The molecule has 1 saturated heterocycles. The van der Waals surface area contributed by atoms with Crippen molar-refractivity contribution in [2.24, 2.45) is 11.8 Å². The number of aromatic nitrogens is 1. The van der Waals surface area contributed by atoms with Gasteiger partial charge in [0.05, 0.1) is 11.6 Å². The Morgan fingerprint density at radius 3 is 2.59 bits per heavy atom. The first-order chi connectivity index (χ1) is 14.0. The van der Waals surface area contributed by atoms with Crippen molar-refractivity contribution in [3.05, 3.63) is 77.5 Å². The molecule has 4 rings (SSSR count). The van der Waals surface area contributed by atoms with E-state index in [-0.39, 0.29) is 11.8 Å². The molecule has 0 radical (unpaired) electrons. The van der Waals surface area contributed by atoms with Crippen LogP contribution in [0.5, 0.6) is 0 Å². The molecule has 0 bridgehead atoms. The smallest absolute Gasteiger partial charge is 0.253 e. The number of β-amino-alcohol motifs (C(OH)–C–C–N with tert-alkyl or cyclic N) is 1. The number of aliphatic hydroxyl groups is 1. The lowest BCUT2D eigenvalue weighted by atomic mass is 9.99. The molecule has 4 heteroatoms. The molecular weight excluding hydrogens is 360 g/mol. The second-order valence-corrected chi connectivity index (χ2v) is 8.53. The molecule has 1 aromatic heterocycles. The number of carbonyl (C=O) groups is 1. The van der Waals surface area contributed by atoms with Gasteiger partial charge in [0, 0.05) is 35.7 Å². The maximum atomic E-state index is 12.9. The Labute approximate surface area is 172 Å². The normalized spacial score (nSPS) is 19.2. The summed E-state index contributed by atoms with van der Waals surface area (Å²) in [4.78, 5) is 19.4. The van der Waals surface area contributed by atoms with Crippen molar-refractivity contribution in [1.29, 1.82) is 0 Å². The molecule has 1 aliphatic rings. The van der Waals surface area contributed by atoms with Gasteiger partial charge in [0.2, 0.25) is 0 Å². The third kappa shape index (κ3) is 4.48. The first-order valence-electron chi connectivity index (χ1n) is 10.4. The zero-order chi connectivity index (χ0) is 20.4. The van der Waals surface area contributed by atoms with E-state index in [1.165, 1.54) is 5.56 Å². The molecule has 0 unspecified atom stereocenters. The van der Waals surface area contributed by atoms with E-state index in [1.807, 2.05) is 54.6 Å². The number of nitrogens with zero attached hydrogens (tertiary/aromatic N) is 2. The summed E-state index contributed by atoms with van der Waals surface area (Å²) < 4.78 is 0. The first kappa shape index (κ1) is 19.6. The molecule has 1 N–H and O–H groups in total. The van der Waals surface area contributed by atoms with E-state index in [0.717, 1.165) is 23.0 Å². The molecule has 3 aromatic rings. The minimum absolute atomic E-state index is 0.00545. The van der Waals surface area contributed by atoms with Gasteiger partial charge in [-0.05, 0) is 48.6 Å². The molecule has 2 heterocycles. The average molecular weight is 389 g/mol. The number of amides is 1. The van der Waals surface area contributed by atoms with Crippen LogP contribution in [0.3, 0.4) is 0 Å². The van der Waals surface area contributed by atoms with Crippen LogP contribution in [0.4, 0.5) is 0 Å². The van der Waals surface area contributed by atoms with Crippen LogP contribution in [0.15, 0.2) is 60.7 Å². The van der Waals surface area contributed by atoms with Gasteiger partial charge >= 0.3 is 0 Å². The summed E-state index contributed by atoms with van der Waals surface area (Å²) >= 11 is 0. The highest BCUT2D eigenvalue weighted by molar-refractivity contribution is 5.94. The summed E-state index contributed by atoms with van der Waals surface area (Å²) in [5.41, 5.74) is 3.86. The fourth-order valence-corrected chi connectivity index (χ4v) is 4.15. The van der Waals surface area contributed by atoms with Gasteiger partial charge in [0.25, 0.3) is 5.91 Å². The lowest BCUT2D eigenvalue weighted by Crippen LogP contribution is -2.29. The van der Waals surface area contributed by atoms with Crippen molar-refractivity contribution in [3.63, 3.8) is 0 Å². The Balaban J connectivity index is 1.42. The van der Waals surface area contributed by atoms with Crippen LogP contribution in [-0.2, 0) is 12.8 Å². The minimum Gasteiger partial charge on any atom is -0.391 e. The number of likely N-dealkylation sites (tertiary alicyclic amines) is 1. The van der Waals surface area contributed by atoms with Crippen LogP contribution in [0.2, 0.25) is 0 Å². The van der Waals surface area contributed by atoms with Crippen LogP contribution >= 0.6 is 0 Å². The summed E-state index contributed by atoms with van der Waals surface area (Å²) in [5, 5.41) is 11.7. The Bertz CT molecular complexity index is 997. The summed E-state index contributed by atoms with van der Waals surface area (Å²) in [7, 11) is 0. The van der Waals surface area contributed by atoms with Crippen molar-refractivity contribution < 1.29 is 9.90 Å². The number of hydrogen-bond donors (Lipinski definition) is 1. The number of carbonyl (C=O) groups excluding carboxylic acids is 1. The van der Waals surface area contributed by atoms with Crippen molar-refractivity contribution in [1.82, 2.24) is 9.88 Å². The Morgan fingerprint density at radius 2 is 1.83 bits per heavy atom. The molecule has 150 valence electrons. The van der Waals surface area contributed by atoms with E-state index < -0.39 is 6.10 Å². The predicted octanol–water partition coefficient (Wildman–Crippen LogP) is 4.11. The number of hydrogen-bond acceptors (Lipinski definition) is 3. The number of para-hydroxylation sites is 1. The Hall–Kier alpha value is -2.72. The SMILES string of the molecule is CC(C)Cc1ccc(C(=O)N2C[C@@H](Cc3ccc4ccccc4n3)[C@H](O)C2)cc1. The second-order valence-electron chi connectivity index (χ2n) is 8.53. The highest BCUT2D eigenvalue weighted by atomic mass is 16.3. The summed E-state index contributed by atoms with van der Waals surface area (Å²) in [6, 6.07) is 20.0. The van der Waals surface area contributed by atoms with Gasteiger partial charge in [-0.15, -0.1) is 0 Å². The summed E-state index contributed by atoms with van der Waals surface area (Å²) in [5.74, 6) is 0.594. The van der Waals surface area contributed by atoms with Crippen molar-refractivity contribution in [2.45, 2.75) is 32.8 Å². The largest absolute Gasteiger partial charge is 0.391 e. The van der Waals surface area contributed by atoms with Gasteiger partial charge in [0.15, 0.2) is 0 Å². The first-order valence-corrected chi connectivity index (χ1v) is 10.4. The van der Waals surface area contributed by atoms with E-state index in [9.17, 15) is 9.90 Å². The van der Waals surface area contributed by atoms with Crippen LogP contribution in [0.1, 0.15) is 35.5 Å². The topological polar surface area (TPSA) is 53.4 Å². The number of pyridine rings is 1. The van der Waals surface area contributed by atoms with Crippen molar-refractivity contribution in [3.8, 4) is 0 Å². The Morgan fingerprint density at radius 1 is 1.07 bits per heavy atom. The molecule has 0 aliphatic carbocycles. The van der Waals surface area contributed by atoms with Crippen LogP contribution in [0, 0.1) is 11.8 Å². The third-order valence-corrected chi connectivity index (χ3v) is 5.67. The maximum absolute atomic E-state index is 12.9. The highest BCUT2D eigenvalue weighted by Crippen LogP contribution is 2.24. The van der Waals surface area contributed by atoms with Crippen LogP contribution in [0.25, 0.3) is 10.9 Å². The molecule has 1 aliphatic heterocycles. The number of aliphatic hydroxyl groups excluding tert-OH is 1. The molecule has 29 heavy (non-hydrogen) atoms. The Kier molecular flexibility index (Phi) is 5.63. The summed E-state index contributed by atoms with van der Waals surface area (Å²) in [6.07, 6.45) is 1.16. The lowest BCUT2D eigenvalue weighted by Gasteiger charge is -2.16.